The van der Waals surface area contributed by atoms with Crippen molar-refractivity contribution < 1.29 is 8.42 Å². The molecule has 4 nitrogen and oxygen atoms in total. The number of halogens is 2. The third kappa shape index (κ3) is 3.66. The van der Waals surface area contributed by atoms with E-state index in [-0.39, 0.29) is 23.0 Å². The highest BCUT2D eigenvalue weighted by Crippen LogP contribution is 2.31. The fraction of sp³-hybridized carbons (Fsp3) is 0.385. The second kappa shape index (κ2) is 7.30. The summed E-state index contributed by atoms with van der Waals surface area (Å²) in [5.74, 6) is 2.33. The number of hydrogen-bond acceptors (Lipinski definition) is 3. The topological polar surface area (TPSA) is 49.4 Å². The van der Waals surface area contributed by atoms with Crippen molar-refractivity contribution in [2.75, 3.05) is 20.1 Å². The molecule has 0 unspecified atom stereocenters. The van der Waals surface area contributed by atoms with E-state index >= 15 is 0 Å². The lowest BCUT2D eigenvalue weighted by Gasteiger charge is -2.20. The van der Waals surface area contributed by atoms with Gasteiger partial charge < -0.3 is 5.32 Å². The smallest absolute Gasteiger partial charge is 0.245 e. The highest BCUT2D eigenvalue weighted by atomic mass is 35.5. The highest BCUT2D eigenvalue weighted by Gasteiger charge is 2.26. The Bertz CT molecular complexity index is 624. The summed E-state index contributed by atoms with van der Waals surface area (Å²) in [6.45, 7) is 2.38. The molecule has 1 N–H and O–H groups in total. The maximum atomic E-state index is 12.5. The minimum atomic E-state index is -3.76. The zero-order chi connectivity index (χ0) is 15.3. The van der Waals surface area contributed by atoms with E-state index in [2.05, 4.69) is 11.2 Å². The molecule has 0 bridgehead atoms. The summed E-state index contributed by atoms with van der Waals surface area (Å²) in [5, 5.41) is 3.40. The standard InChI is InChI=1S/C13H16Cl2N2O2S/c1-4-6-17(5-2)20(18,19)12-8-11(14)7-10(9-16-3)13(12)15/h1,7-8,16H,5-6,9H2,2-3H3. The van der Waals surface area contributed by atoms with Gasteiger partial charge in [0.15, 0.2) is 0 Å². The molecule has 1 rings (SSSR count). The lowest BCUT2D eigenvalue weighted by Crippen LogP contribution is -2.31. The molecule has 0 radical (unpaired) electrons. The summed E-state index contributed by atoms with van der Waals surface area (Å²) >= 11 is 12.2. The maximum Gasteiger partial charge on any atom is 0.245 e. The Morgan fingerprint density at radius 1 is 1.40 bits per heavy atom. The van der Waals surface area contributed by atoms with Crippen molar-refractivity contribution in [2.45, 2.75) is 18.4 Å². The molecule has 0 aromatic heterocycles. The van der Waals surface area contributed by atoms with Crippen LogP contribution in [0.5, 0.6) is 0 Å². The maximum absolute atomic E-state index is 12.5. The van der Waals surface area contributed by atoms with Gasteiger partial charge in [-0.25, -0.2) is 8.42 Å². The molecule has 110 valence electrons. The number of hydrogen-bond donors (Lipinski definition) is 1. The summed E-state index contributed by atoms with van der Waals surface area (Å²) in [6.07, 6.45) is 5.20. The highest BCUT2D eigenvalue weighted by molar-refractivity contribution is 7.89. The Balaban J connectivity index is 3.42. The fourth-order valence-corrected chi connectivity index (χ4v) is 4.00. The number of nitrogens with zero attached hydrogens (tertiary/aromatic N) is 1. The summed E-state index contributed by atoms with van der Waals surface area (Å²) in [7, 11) is -2.02. The Labute approximate surface area is 130 Å². The fourth-order valence-electron chi connectivity index (χ4n) is 1.73. The first kappa shape index (κ1) is 17.3. The number of rotatable bonds is 6. The molecule has 0 fully saturated rings. The molecule has 1 aromatic carbocycles. The van der Waals surface area contributed by atoms with Gasteiger partial charge in [-0.15, -0.1) is 6.42 Å². The van der Waals surface area contributed by atoms with Crippen molar-refractivity contribution in [3.05, 3.63) is 27.7 Å². The quantitative estimate of drug-likeness (QED) is 0.812. The summed E-state index contributed by atoms with van der Waals surface area (Å²) in [4.78, 5) is -0.0194. The van der Waals surface area contributed by atoms with Gasteiger partial charge in [-0.05, 0) is 24.7 Å². The van der Waals surface area contributed by atoms with Crippen LogP contribution in [0.2, 0.25) is 10.0 Å². The zero-order valence-electron chi connectivity index (χ0n) is 11.3. The van der Waals surface area contributed by atoms with E-state index in [9.17, 15) is 8.42 Å². The van der Waals surface area contributed by atoms with Crippen LogP contribution in [0.3, 0.4) is 0 Å². The summed E-state index contributed by atoms with van der Waals surface area (Å²) in [6, 6.07) is 2.98. The number of sulfonamides is 1. The van der Waals surface area contributed by atoms with Crippen molar-refractivity contribution in [1.29, 1.82) is 0 Å². The SMILES string of the molecule is C#CCN(CC)S(=O)(=O)c1cc(Cl)cc(CNC)c1Cl. The largest absolute Gasteiger partial charge is 0.316 e. The van der Waals surface area contributed by atoms with Gasteiger partial charge in [0, 0.05) is 18.1 Å². The van der Waals surface area contributed by atoms with Crippen molar-refractivity contribution in [1.82, 2.24) is 9.62 Å². The molecule has 0 aliphatic rings. The van der Waals surface area contributed by atoms with Crippen LogP contribution in [0.25, 0.3) is 0 Å². The predicted octanol–water partition coefficient (Wildman–Crippen LogP) is 2.36. The minimum Gasteiger partial charge on any atom is -0.316 e. The molecule has 0 atom stereocenters. The first-order chi connectivity index (χ1) is 9.38. The van der Waals surface area contributed by atoms with Crippen molar-refractivity contribution in [3.63, 3.8) is 0 Å². The van der Waals surface area contributed by atoms with Gasteiger partial charge in [-0.2, -0.15) is 4.31 Å². The van der Waals surface area contributed by atoms with Crippen LogP contribution in [0.15, 0.2) is 17.0 Å². The van der Waals surface area contributed by atoms with E-state index in [0.717, 1.165) is 0 Å². The van der Waals surface area contributed by atoms with E-state index in [1.165, 1.54) is 10.4 Å². The van der Waals surface area contributed by atoms with Gasteiger partial charge in [-0.1, -0.05) is 36.0 Å². The third-order valence-corrected chi connectivity index (χ3v) is 5.41. The van der Waals surface area contributed by atoms with Crippen LogP contribution in [0, 0.1) is 12.3 Å². The molecule has 0 aliphatic heterocycles. The van der Waals surface area contributed by atoms with Gasteiger partial charge >= 0.3 is 0 Å². The Morgan fingerprint density at radius 3 is 2.55 bits per heavy atom. The molecular weight excluding hydrogens is 319 g/mol. The first-order valence-electron chi connectivity index (χ1n) is 5.94. The molecule has 7 heteroatoms. The number of terminal acetylenes is 1. The van der Waals surface area contributed by atoms with E-state index < -0.39 is 10.0 Å². The first-order valence-corrected chi connectivity index (χ1v) is 8.14. The van der Waals surface area contributed by atoms with Gasteiger partial charge in [0.25, 0.3) is 0 Å². The van der Waals surface area contributed by atoms with Crippen molar-refractivity contribution >= 4 is 33.2 Å². The minimum absolute atomic E-state index is 0.0109. The number of nitrogens with one attached hydrogen (secondary N) is 1. The molecule has 0 saturated heterocycles. The van der Waals surface area contributed by atoms with E-state index in [1.54, 1.807) is 20.0 Å². The Morgan fingerprint density at radius 2 is 2.05 bits per heavy atom. The van der Waals surface area contributed by atoms with E-state index in [0.29, 0.717) is 17.1 Å². The van der Waals surface area contributed by atoms with Crippen LogP contribution in [-0.4, -0.2) is 32.9 Å². The van der Waals surface area contributed by atoms with Crippen LogP contribution in [-0.2, 0) is 16.6 Å². The average molecular weight is 335 g/mol. The molecule has 1 aromatic rings. The van der Waals surface area contributed by atoms with E-state index in [4.69, 9.17) is 29.6 Å². The predicted molar refractivity (Wildman–Crippen MR) is 82.5 cm³/mol. The normalized spacial score (nSPS) is 11.6. The second-order valence-corrected chi connectivity index (χ2v) is 6.76. The average Bonchev–Trinajstić information content (AvgIpc) is 2.39. The van der Waals surface area contributed by atoms with Crippen LogP contribution >= 0.6 is 23.2 Å². The molecular formula is C13H16Cl2N2O2S. The summed E-state index contributed by atoms with van der Waals surface area (Å²) in [5.41, 5.74) is 0.622. The van der Waals surface area contributed by atoms with Crippen molar-refractivity contribution in [2.24, 2.45) is 0 Å². The van der Waals surface area contributed by atoms with Gasteiger partial charge in [0.2, 0.25) is 10.0 Å². The molecule has 20 heavy (non-hydrogen) atoms. The molecule has 0 amide bonds. The lowest BCUT2D eigenvalue weighted by molar-refractivity contribution is 0.464. The Kier molecular flexibility index (Phi) is 6.31. The summed E-state index contributed by atoms with van der Waals surface area (Å²) < 4.78 is 26.3. The third-order valence-electron chi connectivity index (χ3n) is 2.68. The number of benzene rings is 1. The van der Waals surface area contributed by atoms with Gasteiger partial charge in [0.05, 0.1) is 11.6 Å². The van der Waals surface area contributed by atoms with Crippen LogP contribution in [0.1, 0.15) is 12.5 Å². The van der Waals surface area contributed by atoms with Crippen molar-refractivity contribution in [3.8, 4) is 12.3 Å². The van der Waals surface area contributed by atoms with E-state index in [1.807, 2.05) is 0 Å². The van der Waals surface area contributed by atoms with Gasteiger partial charge in [0.1, 0.15) is 4.90 Å². The monoisotopic (exact) mass is 334 g/mol. The second-order valence-electron chi connectivity index (χ2n) is 4.04. The molecule has 0 saturated carbocycles. The lowest BCUT2D eigenvalue weighted by atomic mass is 10.2. The van der Waals surface area contributed by atoms with Crippen LogP contribution < -0.4 is 5.32 Å². The van der Waals surface area contributed by atoms with Gasteiger partial charge in [-0.3, -0.25) is 0 Å². The Hall–Kier alpha value is -0.770. The zero-order valence-corrected chi connectivity index (χ0v) is 13.6. The molecule has 0 heterocycles. The van der Waals surface area contributed by atoms with Crippen LogP contribution in [0.4, 0.5) is 0 Å². The molecule has 0 aliphatic carbocycles. The molecule has 0 spiro atoms.